The van der Waals surface area contributed by atoms with Crippen LogP contribution in [0.2, 0.25) is 0 Å². The Kier molecular flexibility index (Phi) is 4.79. The Morgan fingerprint density at radius 1 is 1.25 bits per heavy atom. The van der Waals surface area contributed by atoms with E-state index < -0.39 is 0 Å². The molecule has 1 N–H and O–H groups in total. The molecule has 0 saturated heterocycles. The molecule has 0 radical (unpaired) electrons. The van der Waals surface area contributed by atoms with Crippen molar-refractivity contribution in [3.8, 4) is 5.75 Å². The van der Waals surface area contributed by atoms with Gasteiger partial charge in [0.05, 0.1) is 13.5 Å². The maximum Gasteiger partial charge on any atom is 0.228 e. The Labute approximate surface area is 127 Å². The number of carbonyl (C=O) groups is 1. The number of amides is 1. The molecule has 4 heteroatoms. The Bertz CT molecular complexity index is 626. The van der Waals surface area contributed by atoms with Crippen LogP contribution in [0.4, 0.5) is 5.69 Å². The molecular formula is C16H16BrNO2. The van der Waals surface area contributed by atoms with Crippen LogP contribution in [0.15, 0.2) is 46.9 Å². The lowest BCUT2D eigenvalue weighted by Gasteiger charge is -2.08. The molecular weight excluding hydrogens is 318 g/mol. The van der Waals surface area contributed by atoms with Gasteiger partial charge >= 0.3 is 0 Å². The van der Waals surface area contributed by atoms with E-state index in [4.69, 9.17) is 4.74 Å². The summed E-state index contributed by atoms with van der Waals surface area (Å²) in [7, 11) is 1.61. The van der Waals surface area contributed by atoms with E-state index in [-0.39, 0.29) is 5.91 Å². The minimum atomic E-state index is -0.0417. The molecule has 0 saturated carbocycles. The zero-order valence-electron chi connectivity index (χ0n) is 11.4. The van der Waals surface area contributed by atoms with Crippen LogP contribution >= 0.6 is 15.9 Å². The average Bonchev–Trinajstić information content (AvgIpc) is 2.43. The van der Waals surface area contributed by atoms with Crippen molar-refractivity contribution in [2.24, 2.45) is 0 Å². The van der Waals surface area contributed by atoms with Crippen molar-refractivity contribution in [2.45, 2.75) is 13.3 Å². The molecule has 0 aliphatic rings. The van der Waals surface area contributed by atoms with Crippen LogP contribution in [-0.4, -0.2) is 13.0 Å². The summed E-state index contributed by atoms with van der Waals surface area (Å²) in [5.41, 5.74) is 2.82. The first-order valence-corrected chi connectivity index (χ1v) is 7.06. The summed E-state index contributed by atoms with van der Waals surface area (Å²) in [6.45, 7) is 1.99. The lowest BCUT2D eigenvalue weighted by molar-refractivity contribution is -0.115. The topological polar surface area (TPSA) is 38.3 Å². The Hall–Kier alpha value is -1.81. The second-order valence-electron chi connectivity index (χ2n) is 4.54. The summed E-state index contributed by atoms with van der Waals surface area (Å²) in [5.74, 6) is 0.717. The minimum Gasteiger partial charge on any atom is -0.497 e. The highest BCUT2D eigenvalue weighted by atomic mass is 79.9. The first kappa shape index (κ1) is 14.6. The molecule has 0 spiro atoms. The number of carbonyl (C=O) groups excluding carboxylic acids is 1. The summed E-state index contributed by atoms with van der Waals surface area (Å²) >= 11 is 3.44. The number of aryl methyl sites for hydroxylation is 1. The normalized spacial score (nSPS) is 10.2. The van der Waals surface area contributed by atoms with E-state index in [0.29, 0.717) is 6.42 Å². The summed E-state index contributed by atoms with van der Waals surface area (Å²) in [6.07, 6.45) is 0.326. The van der Waals surface area contributed by atoms with Gasteiger partial charge in [-0.2, -0.15) is 0 Å². The third-order valence-corrected chi connectivity index (χ3v) is 3.83. The standard InChI is InChI=1S/C16H16BrNO2/c1-11-8-13(6-7-15(11)17)18-16(19)10-12-4-3-5-14(9-12)20-2/h3-9H,10H2,1-2H3,(H,18,19). The van der Waals surface area contributed by atoms with Gasteiger partial charge in [0.2, 0.25) is 5.91 Å². The molecule has 2 rings (SSSR count). The molecule has 0 unspecified atom stereocenters. The molecule has 0 aliphatic heterocycles. The van der Waals surface area contributed by atoms with Gasteiger partial charge in [-0.25, -0.2) is 0 Å². The van der Waals surface area contributed by atoms with Crippen molar-refractivity contribution in [3.05, 3.63) is 58.1 Å². The Balaban J connectivity index is 2.03. The number of nitrogens with one attached hydrogen (secondary N) is 1. The second kappa shape index (κ2) is 6.57. The number of ether oxygens (including phenoxy) is 1. The number of halogens is 1. The molecule has 0 aromatic heterocycles. The maximum absolute atomic E-state index is 12.0. The van der Waals surface area contributed by atoms with E-state index in [9.17, 15) is 4.79 Å². The molecule has 0 fully saturated rings. The fraction of sp³-hybridized carbons (Fsp3) is 0.188. The zero-order chi connectivity index (χ0) is 14.5. The number of hydrogen-bond donors (Lipinski definition) is 1. The van der Waals surface area contributed by atoms with Crippen LogP contribution in [-0.2, 0) is 11.2 Å². The predicted octanol–water partition coefficient (Wildman–Crippen LogP) is 3.95. The number of rotatable bonds is 4. The quantitative estimate of drug-likeness (QED) is 0.919. The fourth-order valence-electron chi connectivity index (χ4n) is 1.90. The molecule has 1 amide bonds. The average molecular weight is 334 g/mol. The molecule has 0 aliphatic carbocycles. The van der Waals surface area contributed by atoms with E-state index >= 15 is 0 Å². The lowest BCUT2D eigenvalue weighted by Crippen LogP contribution is -2.14. The summed E-state index contributed by atoms with van der Waals surface area (Å²) in [5, 5.41) is 2.90. The molecule has 104 valence electrons. The largest absolute Gasteiger partial charge is 0.497 e. The van der Waals surface area contributed by atoms with Crippen LogP contribution in [0.25, 0.3) is 0 Å². The van der Waals surface area contributed by atoms with Crippen molar-refractivity contribution in [1.29, 1.82) is 0 Å². The van der Waals surface area contributed by atoms with Crippen molar-refractivity contribution in [1.82, 2.24) is 0 Å². The van der Waals surface area contributed by atoms with Gasteiger partial charge in [0, 0.05) is 10.2 Å². The maximum atomic E-state index is 12.0. The number of benzene rings is 2. The molecule has 0 heterocycles. The molecule has 0 bridgehead atoms. The first-order valence-electron chi connectivity index (χ1n) is 6.27. The highest BCUT2D eigenvalue weighted by Crippen LogP contribution is 2.20. The molecule has 20 heavy (non-hydrogen) atoms. The smallest absolute Gasteiger partial charge is 0.228 e. The van der Waals surface area contributed by atoms with Gasteiger partial charge in [0.1, 0.15) is 5.75 Å². The number of hydrogen-bond acceptors (Lipinski definition) is 2. The monoisotopic (exact) mass is 333 g/mol. The molecule has 2 aromatic carbocycles. The van der Waals surface area contributed by atoms with E-state index in [0.717, 1.165) is 27.0 Å². The molecule has 2 aromatic rings. The van der Waals surface area contributed by atoms with Crippen molar-refractivity contribution < 1.29 is 9.53 Å². The van der Waals surface area contributed by atoms with E-state index in [1.807, 2.05) is 49.4 Å². The second-order valence-corrected chi connectivity index (χ2v) is 5.39. The van der Waals surface area contributed by atoms with Crippen LogP contribution in [0, 0.1) is 6.92 Å². The van der Waals surface area contributed by atoms with E-state index in [1.165, 1.54) is 0 Å². The van der Waals surface area contributed by atoms with Gasteiger partial charge in [-0.1, -0.05) is 28.1 Å². The Morgan fingerprint density at radius 3 is 2.75 bits per heavy atom. The van der Waals surface area contributed by atoms with Gasteiger partial charge in [-0.05, 0) is 48.4 Å². The van der Waals surface area contributed by atoms with Gasteiger partial charge < -0.3 is 10.1 Å². The third kappa shape index (κ3) is 3.84. The molecule has 0 atom stereocenters. The fourth-order valence-corrected chi connectivity index (χ4v) is 2.14. The van der Waals surface area contributed by atoms with Crippen LogP contribution in [0.1, 0.15) is 11.1 Å². The summed E-state index contributed by atoms with van der Waals surface area (Å²) < 4.78 is 6.18. The van der Waals surface area contributed by atoms with Crippen LogP contribution in [0.3, 0.4) is 0 Å². The number of anilines is 1. The van der Waals surface area contributed by atoms with Crippen LogP contribution in [0.5, 0.6) is 5.75 Å². The van der Waals surface area contributed by atoms with Gasteiger partial charge in [0.15, 0.2) is 0 Å². The predicted molar refractivity (Wildman–Crippen MR) is 84.2 cm³/mol. The van der Waals surface area contributed by atoms with E-state index in [1.54, 1.807) is 7.11 Å². The summed E-state index contributed by atoms with van der Waals surface area (Å²) in [6, 6.07) is 13.3. The SMILES string of the molecule is COc1cccc(CC(=O)Nc2ccc(Br)c(C)c2)c1. The van der Waals surface area contributed by atoms with Gasteiger partial charge in [0.25, 0.3) is 0 Å². The highest BCUT2D eigenvalue weighted by Gasteiger charge is 2.06. The lowest BCUT2D eigenvalue weighted by atomic mass is 10.1. The van der Waals surface area contributed by atoms with Crippen molar-refractivity contribution in [2.75, 3.05) is 12.4 Å². The number of methoxy groups -OCH3 is 1. The van der Waals surface area contributed by atoms with Gasteiger partial charge in [-0.3, -0.25) is 4.79 Å². The minimum absolute atomic E-state index is 0.0417. The highest BCUT2D eigenvalue weighted by molar-refractivity contribution is 9.10. The van der Waals surface area contributed by atoms with Gasteiger partial charge in [-0.15, -0.1) is 0 Å². The third-order valence-electron chi connectivity index (χ3n) is 2.94. The van der Waals surface area contributed by atoms with E-state index in [2.05, 4.69) is 21.2 Å². The summed E-state index contributed by atoms with van der Waals surface area (Å²) in [4.78, 5) is 12.0. The van der Waals surface area contributed by atoms with Crippen molar-refractivity contribution in [3.63, 3.8) is 0 Å². The first-order chi connectivity index (χ1) is 9.58. The molecule has 3 nitrogen and oxygen atoms in total. The Morgan fingerprint density at radius 2 is 2.05 bits per heavy atom. The van der Waals surface area contributed by atoms with Crippen LogP contribution < -0.4 is 10.1 Å². The zero-order valence-corrected chi connectivity index (χ0v) is 13.0. The van der Waals surface area contributed by atoms with Crippen molar-refractivity contribution >= 4 is 27.5 Å².